The molecular formula is C30H29ClN8O. The number of hydrogen-bond donors (Lipinski definition) is 1. The molecular weight excluding hydrogens is 524 g/mol. The lowest BCUT2D eigenvalue weighted by molar-refractivity contribution is 0.101. The quantitative estimate of drug-likeness (QED) is 0.232. The SMILES string of the molecule is CC(C)n1nnnc1CCCn1ccc2cc(NC(=O)c3nc4ccc(Cl)cc4n3Cc3ccccc3)ccc21. The molecule has 9 nitrogen and oxygen atoms in total. The molecule has 0 aliphatic carbocycles. The fourth-order valence-corrected chi connectivity index (χ4v) is 5.21. The summed E-state index contributed by atoms with van der Waals surface area (Å²) in [6.45, 7) is 5.49. The number of tetrazole rings is 1. The van der Waals surface area contributed by atoms with Crippen molar-refractivity contribution in [1.82, 2.24) is 34.3 Å². The van der Waals surface area contributed by atoms with Crippen molar-refractivity contribution < 1.29 is 4.79 Å². The Bertz CT molecular complexity index is 1800. The summed E-state index contributed by atoms with van der Waals surface area (Å²) in [4.78, 5) is 18.2. The van der Waals surface area contributed by atoms with Gasteiger partial charge in [0.15, 0.2) is 5.82 Å². The highest BCUT2D eigenvalue weighted by molar-refractivity contribution is 6.31. The highest BCUT2D eigenvalue weighted by Crippen LogP contribution is 2.25. The molecule has 0 aliphatic rings. The number of anilines is 1. The van der Waals surface area contributed by atoms with E-state index in [4.69, 9.17) is 11.6 Å². The number of halogens is 1. The van der Waals surface area contributed by atoms with Gasteiger partial charge in [0.2, 0.25) is 5.82 Å². The highest BCUT2D eigenvalue weighted by Gasteiger charge is 2.19. The van der Waals surface area contributed by atoms with Crippen molar-refractivity contribution >= 4 is 45.1 Å². The number of aromatic nitrogens is 7. The van der Waals surface area contributed by atoms with Crippen molar-refractivity contribution in [2.24, 2.45) is 0 Å². The van der Waals surface area contributed by atoms with Crippen LogP contribution in [0, 0.1) is 0 Å². The number of nitrogens with one attached hydrogen (secondary N) is 1. The Balaban J connectivity index is 1.20. The molecule has 0 saturated carbocycles. The van der Waals surface area contributed by atoms with Crippen molar-refractivity contribution in [2.75, 3.05) is 5.32 Å². The highest BCUT2D eigenvalue weighted by atomic mass is 35.5. The lowest BCUT2D eigenvalue weighted by atomic mass is 10.2. The zero-order valence-electron chi connectivity index (χ0n) is 22.3. The van der Waals surface area contributed by atoms with Gasteiger partial charge in [-0.2, -0.15) is 0 Å². The second-order valence-electron chi connectivity index (χ2n) is 10.1. The summed E-state index contributed by atoms with van der Waals surface area (Å²) in [7, 11) is 0. The third kappa shape index (κ3) is 5.20. The van der Waals surface area contributed by atoms with Gasteiger partial charge in [0.25, 0.3) is 5.91 Å². The normalized spacial score (nSPS) is 11.6. The van der Waals surface area contributed by atoms with E-state index in [2.05, 4.69) is 56.5 Å². The van der Waals surface area contributed by atoms with Gasteiger partial charge in [-0.15, -0.1) is 5.10 Å². The van der Waals surface area contributed by atoms with Crippen LogP contribution >= 0.6 is 11.6 Å². The first-order valence-corrected chi connectivity index (χ1v) is 13.7. The molecule has 0 unspecified atom stereocenters. The lowest BCUT2D eigenvalue weighted by Crippen LogP contribution is -2.18. The Hall–Kier alpha value is -4.50. The van der Waals surface area contributed by atoms with E-state index >= 15 is 0 Å². The minimum Gasteiger partial charge on any atom is -0.347 e. The molecule has 0 bridgehead atoms. The smallest absolute Gasteiger partial charge is 0.291 e. The predicted octanol–water partition coefficient (Wildman–Crippen LogP) is 6.15. The summed E-state index contributed by atoms with van der Waals surface area (Å²) in [6, 6.07) is 23.7. The Morgan fingerprint density at radius 1 is 1.00 bits per heavy atom. The number of carbonyl (C=O) groups excluding carboxylic acids is 1. The maximum atomic E-state index is 13.5. The van der Waals surface area contributed by atoms with Gasteiger partial charge in [0.05, 0.1) is 17.1 Å². The van der Waals surface area contributed by atoms with Crippen LogP contribution in [0.5, 0.6) is 0 Å². The molecule has 6 rings (SSSR count). The van der Waals surface area contributed by atoms with E-state index in [0.717, 1.165) is 52.7 Å². The monoisotopic (exact) mass is 552 g/mol. The standard InChI is InChI=1S/C30H29ClN8O/c1-20(2)39-28(34-35-36-39)9-6-15-37-16-14-22-17-24(11-13-26(22)37)32-30(40)29-33-25-12-10-23(31)18-27(25)38(29)19-21-7-4-3-5-8-21/h3-5,7-8,10-14,16-18,20H,6,9,15,19H2,1-2H3,(H,32,40). The van der Waals surface area contributed by atoms with Gasteiger partial charge < -0.3 is 14.5 Å². The van der Waals surface area contributed by atoms with Crippen LogP contribution in [0.3, 0.4) is 0 Å². The van der Waals surface area contributed by atoms with E-state index in [1.165, 1.54) is 0 Å². The predicted molar refractivity (Wildman–Crippen MR) is 157 cm³/mol. The fourth-order valence-electron chi connectivity index (χ4n) is 5.04. The van der Waals surface area contributed by atoms with Crippen LogP contribution in [0.15, 0.2) is 79.0 Å². The second kappa shape index (κ2) is 10.9. The zero-order chi connectivity index (χ0) is 27.6. The van der Waals surface area contributed by atoms with Crippen molar-refractivity contribution in [2.45, 2.75) is 45.8 Å². The number of imidazole rings is 1. The summed E-state index contributed by atoms with van der Waals surface area (Å²) in [5.41, 5.74) is 4.42. The summed E-state index contributed by atoms with van der Waals surface area (Å²) in [5.74, 6) is 0.962. The van der Waals surface area contributed by atoms with Gasteiger partial charge in [0.1, 0.15) is 0 Å². The second-order valence-corrected chi connectivity index (χ2v) is 10.6. The molecule has 3 aromatic carbocycles. The molecule has 0 radical (unpaired) electrons. The molecule has 6 aromatic rings. The van der Waals surface area contributed by atoms with E-state index < -0.39 is 0 Å². The Morgan fingerprint density at radius 2 is 1.85 bits per heavy atom. The van der Waals surface area contributed by atoms with Gasteiger partial charge in [0, 0.05) is 47.3 Å². The van der Waals surface area contributed by atoms with Gasteiger partial charge in [-0.05, 0) is 78.7 Å². The molecule has 10 heteroatoms. The molecule has 0 saturated heterocycles. The Morgan fingerprint density at radius 3 is 2.67 bits per heavy atom. The Labute approximate surface area is 236 Å². The van der Waals surface area contributed by atoms with Crippen LogP contribution in [-0.4, -0.2) is 40.2 Å². The number of fused-ring (bicyclic) bond motifs is 2. The maximum Gasteiger partial charge on any atom is 0.291 e. The largest absolute Gasteiger partial charge is 0.347 e. The van der Waals surface area contributed by atoms with Gasteiger partial charge in [-0.25, -0.2) is 9.67 Å². The number of hydrogen-bond acceptors (Lipinski definition) is 5. The Kier molecular flexibility index (Phi) is 7.04. The zero-order valence-corrected chi connectivity index (χ0v) is 23.1. The number of nitrogens with zero attached hydrogens (tertiary/aromatic N) is 7. The summed E-state index contributed by atoms with van der Waals surface area (Å²) >= 11 is 6.29. The molecule has 40 heavy (non-hydrogen) atoms. The molecule has 3 aromatic heterocycles. The van der Waals surface area contributed by atoms with Crippen LogP contribution in [0.4, 0.5) is 5.69 Å². The average Bonchev–Trinajstić information content (AvgIpc) is 3.67. The summed E-state index contributed by atoms with van der Waals surface area (Å²) in [6.07, 6.45) is 3.79. The number of carbonyl (C=O) groups is 1. The third-order valence-electron chi connectivity index (χ3n) is 6.98. The summed E-state index contributed by atoms with van der Waals surface area (Å²) in [5, 5.41) is 16.8. The van der Waals surface area contributed by atoms with Crippen molar-refractivity contribution in [3.63, 3.8) is 0 Å². The number of aryl methyl sites for hydroxylation is 2. The molecule has 0 fully saturated rings. The maximum absolute atomic E-state index is 13.5. The first-order valence-electron chi connectivity index (χ1n) is 13.3. The number of amides is 1. The lowest BCUT2D eigenvalue weighted by Gasteiger charge is -2.11. The molecule has 3 heterocycles. The van der Waals surface area contributed by atoms with E-state index in [0.29, 0.717) is 23.1 Å². The van der Waals surface area contributed by atoms with E-state index in [9.17, 15) is 4.79 Å². The fraction of sp³-hybridized carbons (Fsp3) is 0.233. The number of benzene rings is 3. The molecule has 1 N–H and O–H groups in total. The molecule has 1 amide bonds. The van der Waals surface area contributed by atoms with Crippen LogP contribution in [-0.2, 0) is 19.5 Å². The topological polar surface area (TPSA) is 95.4 Å². The van der Waals surface area contributed by atoms with Crippen LogP contribution < -0.4 is 5.32 Å². The molecule has 0 aliphatic heterocycles. The average molecular weight is 553 g/mol. The van der Waals surface area contributed by atoms with E-state index in [1.54, 1.807) is 6.07 Å². The van der Waals surface area contributed by atoms with Crippen LogP contribution in [0.2, 0.25) is 5.02 Å². The van der Waals surface area contributed by atoms with Crippen LogP contribution in [0.1, 0.15) is 48.3 Å². The van der Waals surface area contributed by atoms with Gasteiger partial charge in [-0.3, -0.25) is 4.79 Å². The molecule has 0 atom stereocenters. The van der Waals surface area contributed by atoms with E-state index in [-0.39, 0.29) is 11.9 Å². The minimum absolute atomic E-state index is 0.235. The van der Waals surface area contributed by atoms with Crippen molar-refractivity contribution in [3.8, 4) is 0 Å². The third-order valence-corrected chi connectivity index (χ3v) is 7.21. The number of rotatable bonds is 9. The minimum atomic E-state index is -0.273. The molecule has 202 valence electrons. The van der Waals surface area contributed by atoms with Crippen LogP contribution in [0.25, 0.3) is 21.9 Å². The first kappa shape index (κ1) is 25.8. The molecule has 0 spiro atoms. The van der Waals surface area contributed by atoms with Gasteiger partial charge >= 0.3 is 0 Å². The van der Waals surface area contributed by atoms with Crippen molar-refractivity contribution in [3.05, 3.63) is 101 Å². The summed E-state index contributed by atoms with van der Waals surface area (Å²) < 4.78 is 6.00. The van der Waals surface area contributed by atoms with Gasteiger partial charge in [-0.1, -0.05) is 41.9 Å². The van der Waals surface area contributed by atoms with E-state index in [1.807, 2.05) is 69.9 Å². The first-order chi connectivity index (χ1) is 19.5. The van der Waals surface area contributed by atoms with Crippen molar-refractivity contribution in [1.29, 1.82) is 0 Å².